The molecule has 0 amide bonds. The number of ether oxygens (including phenoxy) is 4. The van der Waals surface area contributed by atoms with Crippen molar-refractivity contribution in [2.45, 2.75) is 322 Å². The average molecular weight is 1420 g/mol. The zero-order chi connectivity index (χ0) is 74.6. The van der Waals surface area contributed by atoms with Gasteiger partial charge in [0.25, 0.3) is 6.29 Å². The Balaban J connectivity index is 4.10. The average Bonchev–Trinajstić information content (AvgIpc) is 1.01. The minimum atomic E-state index is -1.52. The fourth-order valence-corrected chi connectivity index (χ4v) is 10.8. The largest absolute Gasteiger partial charge is 0.477 e. The fraction of sp³-hybridized carbons (Fsp3) is 0.606. The summed E-state index contributed by atoms with van der Waals surface area (Å²) in [6.07, 6.45) is 124. The number of hydrogen-bond acceptors (Lipinski definition) is 7. The van der Waals surface area contributed by atoms with Gasteiger partial charge in [-0.05, 0) is 148 Å². The molecule has 0 aromatic rings. The molecule has 0 aliphatic carbocycles. The summed E-state index contributed by atoms with van der Waals surface area (Å²) in [6, 6.07) is 0. The molecule has 0 rings (SSSR count). The van der Waals surface area contributed by atoms with E-state index in [0.717, 1.165) is 154 Å². The van der Waals surface area contributed by atoms with Crippen LogP contribution in [0.1, 0.15) is 309 Å². The highest BCUT2D eigenvalue weighted by Crippen LogP contribution is 2.17. The second-order valence-corrected chi connectivity index (χ2v) is 28.0. The summed E-state index contributed by atoms with van der Waals surface area (Å²) >= 11 is 0. The lowest BCUT2D eigenvalue weighted by Crippen LogP contribution is -2.40. The fourth-order valence-electron chi connectivity index (χ4n) is 10.8. The van der Waals surface area contributed by atoms with Gasteiger partial charge < -0.3 is 28.5 Å². The lowest BCUT2D eigenvalue weighted by Gasteiger charge is -2.25. The second kappa shape index (κ2) is 81.5. The number of unbranched alkanes of at least 4 members (excludes halogenated alkanes) is 25. The van der Waals surface area contributed by atoms with E-state index in [9.17, 15) is 19.5 Å². The lowest BCUT2D eigenvalue weighted by molar-refractivity contribution is -0.870. The van der Waals surface area contributed by atoms with Crippen molar-refractivity contribution in [1.82, 2.24) is 0 Å². The first-order valence-corrected chi connectivity index (χ1v) is 41.2. The predicted octanol–water partition coefficient (Wildman–Crippen LogP) is 27.0. The highest BCUT2D eigenvalue weighted by Gasteiger charge is 2.25. The first kappa shape index (κ1) is 96.9. The smallest absolute Gasteiger partial charge is 0.361 e. The van der Waals surface area contributed by atoms with Crippen LogP contribution in [-0.2, 0) is 33.3 Å². The number of rotatable bonds is 74. The van der Waals surface area contributed by atoms with Crippen molar-refractivity contribution >= 4 is 17.9 Å². The number of hydrogen-bond donors (Lipinski definition) is 1. The predicted molar refractivity (Wildman–Crippen MR) is 446 cm³/mol. The van der Waals surface area contributed by atoms with Crippen molar-refractivity contribution < 1.29 is 42.9 Å². The van der Waals surface area contributed by atoms with Crippen LogP contribution in [-0.4, -0.2) is 87.4 Å². The Hall–Kier alpha value is -6.13. The van der Waals surface area contributed by atoms with E-state index >= 15 is 0 Å². The topological polar surface area (TPSA) is 108 Å². The zero-order valence-electron chi connectivity index (χ0n) is 66.4. The minimum absolute atomic E-state index is 0.178. The quantitative estimate of drug-likeness (QED) is 0.0211. The van der Waals surface area contributed by atoms with E-state index in [1.54, 1.807) is 0 Å². The number of nitrogens with zero attached hydrogens (tertiary/aromatic N) is 1. The minimum Gasteiger partial charge on any atom is -0.477 e. The van der Waals surface area contributed by atoms with Crippen molar-refractivity contribution in [2.24, 2.45) is 0 Å². The Bertz CT molecular complexity index is 2460. The number of esters is 2. The van der Waals surface area contributed by atoms with Gasteiger partial charge in [0, 0.05) is 12.8 Å². The van der Waals surface area contributed by atoms with Crippen LogP contribution >= 0.6 is 0 Å². The zero-order valence-corrected chi connectivity index (χ0v) is 66.4. The number of carbonyl (C=O) groups is 3. The molecule has 0 aromatic carbocycles. The van der Waals surface area contributed by atoms with E-state index in [2.05, 4.69) is 220 Å². The van der Waals surface area contributed by atoms with Crippen LogP contribution in [0.4, 0.5) is 0 Å². The van der Waals surface area contributed by atoms with Gasteiger partial charge in [-0.3, -0.25) is 9.59 Å². The summed E-state index contributed by atoms with van der Waals surface area (Å²) < 4.78 is 23.0. The molecule has 2 unspecified atom stereocenters. The third-order valence-corrected chi connectivity index (χ3v) is 17.0. The molecule has 1 N–H and O–H groups in total. The Morgan fingerprint density at radius 2 is 0.524 bits per heavy atom. The van der Waals surface area contributed by atoms with E-state index in [4.69, 9.17) is 18.9 Å². The van der Waals surface area contributed by atoms with E-state index < -0.39 is 24.3 Å². The molecule has 103 heavy (non-hydrogen) atoms. The standard InChI is InChI=1S/C94H151NO8/c1-6-8-10-12-14-16-18-20-22-24-26-28-30-32-34-36-38-40-42-44-45-46-47-49-51-53-55-57-59-61-63-65-67-69-71-73-75-77-79-81-83-85-92(97)103-90(89-102-94(93(98)99)100-87-86-95(3,4)5)88-101-91(96)84-82-80-78-76-74-72-70-68-66-64-62-60-58-56-54-52-50-48-43-41-39-37-35-33-31-29-27-25-23-21-19-17-15-13-11-9-7-2/h8-11,14-17,20-23,26-29,32-35,38-41,44-45,47-50,53,55,59,61,90,94H,6-7,12-13,18-19,24-25,30-31,36-37,42-43,46,51-52,54,56-58,60,62-89H2,1-5H3/p+1/b10-8-,11-9-,16-14-,17-15-,22-20-,23-21-,28-26-,29-27-,34-32-,35-33-,40-38-,41-39-,45-44-,49-47-,50-48-,55-53-,61-59-. The Kier molecular flexibility index (Phi) is 76.7. The summed E-state index contributed by atoms with van der Waals surface area (Å²) in [5.41, 5.74) is 0. The normalized spacial score (nSPS) is 13.8. The highest BCUT2D eigenvalue weighted by atomic mass is 16.7. The summed E-state index contributed by atoms with van der Waals surface area (Å²) in [5, 5.41) is 9.78. The van der Waals surface area contributed by atoms with E-state index in [1.807, 2.05) is 21.1 Å². The molecule has 0 bridgehead atoms. The van der Waals surface area contributed by atoms with Gasteiger partial charge in [0.05, 0.1) is 34.4 Å². The molecule has 0 heterocycles. The van der Waals surface area contributed by atoms with Gasteiger partial charge in [0.15, 0.2) is 6.10 Å². The molecule has 0 saturated carbocycles. The number of carboxylic acid groups (broad SMARTS) is 1. The molecule has 0 fully saturated rings. The Morgan fingerprint density at radius 1 is 0.291 bits per heavy atom. The van der Waals surface area contributed by atoms with Crippen molar-refractivity contribution in [3.63, 3.8) is 0 Å². The van der Waals surface area contributed by atoms with Crippen LogP contribution in [0, 0.1) is 0 Å². The molecule has 0 aromatic heterocycles. The van der Waals surface area contributed by atoms with Gasteiger partial charge in [-0.15, -0.1) is 0 Å². The summed E-state index contributed by atoms with van der Waals surface area (Å²) in [7, 11) is 5.97. The molecule has 9 heteroatoms. The number of likely N-dealkylation sites (N-methyl/N-ethyl adjacent to an activating group) is 1. The SMILES string of the molecule is CC/C=C\C/C=C\C/C=C\C/C=C\C/C=C\C/C=C\C/C=C\C/C=C\C/C=C\C/C=C\CCCCCCCCCCCCC(=O)OC(COC(=O)CCCCCCCCCCCCCCCCC/C=C\C/C=C\C/C=C\C/C=C\C/C=C\C/C=C\C/C=C\CC)COC(OCC[N+](C)(C)C)C(=O)O. The lowest BCUT2D eigenvalue weighted by atomic mass is 10.0. The molecule has 0 saturated heterocycles. The monoisotopic (exact) mass is 1420 g/mol. The Labute approximate surface area is 633 Å². The van der Waals surface area contributed by atoms with Gasteiger partial charge >= 0.3 is 17.9 Å². The van der Waals surface area contributed by atoms with Gasteiger partial charge in [0.1, 0.15) is 13.2 Å². The molecular weight excluding hydrogens is 1270 g/mol. The number of aliphatic carboxylic acids is 1. The summed E-state index contributed by atoms with van der Waals surface area (Å²) in [5.74, 6) is -2.02. The van der Waals surface area contributed by atoms with Crippen LogP contribution in [0.2, 0.25) is 0 Å². The molecule has 580 valence electrons. The van der Waals surface area contributed by atoms with Crippen LogP contribution in [0.5, 0.6) is 0 Å². The maximum absolute atomic E-state index is 13.0. The first-order valence-electron chi connectivity index (χ1n) is 41.2. The van der Waals surface area contributed by atoms with E-state index in [1.165, 1.54) is 122 Å². The van der Waals surface area contributed by atoms with Crippen molar-refractivity contribution in [3.8, 4) is 0 Å². The van der Waals surface area contributed by atoms with Crippen LogP contribution in [0.3, 0.4) is 0 Å². The number of carbonyl (C=O) groups excluding carboxylic acids is 2. The summed E-state index contributed by atoms with van der Waals surface area (Å²) in [4.78, 5) is 37.8. The Morgan fingerprint density at radius 3 is 0.777 bits per heavy atom. The van der Waals surface area contributed by atoms with Crippen molar-refractivity contribution in [2.75, 3.05) is 47.5 Å². The molecular formula is C94H152NO8+. The number of allylic oxidation sites excluding steroid dienone is 34. The third kappa shape index (κ3) is 83.0. The van der Waals surface area contributed by atoms with E-state index in [0.29, 0.717) is 23.9 Å². The van der Waals surface area contributed by atoms with Crippen molar-refractivity contribution in [1.29, 1.82) is 0 Å². The number of quaternary nitrogens is 1. The van der Waals surface area contributed by atoms with Crippen LogP contribution in [0.15, 0.2) is 207 Å². The van der Waals surface area contributed by atoms with Gasteiger partial charge in [0.2, 0.25) is 0 Å². The summed E-state index contributed by atoms with van der Waals surface area (Å²) in [6.45, 7) is 4.64. The van der Waals surface area contributed by atoms with Gasteiger partial charge in [-0.1, -0.05) is 355 Å². The maximum atomic E-state index is 13.0. The molecule has 0 spiro atoms. The first-order chi connectivity index (χ1) is 50.6. The molecule has 2 atom stereocenters. The van der Waals surface area contributed by atoms with Gasteiger partial charge in [-0.25, -0.2) is 4.79 Å². The van der Waals surface area contributed by atoms with Crippen LogP contribution < -0.4 is 0 Å². The molecule has 0 radical (unpaired) electrons. The van der Waals surface area contributed by atoms with Crippen molar-refractivity contribution in [3.05, 3.63) is 207 Å². The van der Waals surface area contributed by atoms with E-state index in [-0.39, 0.29) is 32.2 Å². The van der Waals surface area contributed by atoms with Gasteiger partial charge in [-0.2, -0.15) is 0 Å². The third-order valence-electron chi connectivity index (χ3n) is 17.0. The van der Waals surface area contributed by atoms with Crippen LogP contribution in [0.25, 0.3) is 0 Å². The molecule has 9 nitrogen and oxygen atoms in total. The maximum Gasteiger partial charge on any atom is 0.361 e. The highest BCUT2D eigenvalue weighted by molar-refractivity contribution is 5.71. The second-order valence-electron chi connectivity index (χ2n) is 28.0. The molecule has 0 aliphatic rings. The number of carboxylic acids is 1. The molecule has 0 aliphatic heterocycles.